The second kappa shape index (κ2) is 10.5. The minimum absolute atomic E-state index is 0.426. The molecule has 1 aliphatic rings. The smallest absolute Gasteiger partial charge is 0.399 e. The third-order valence-electron chi connectivity index (χ3n) is 8.15. The zero-order chi connectivity index (χ0) is 27.7. The number of nitrogens with zero attached hydrogens (tertiary/aromatic N) is 1. The van der Waals surface area contributed by atoms with Crippen LogP contribution in [0.5, 0.6) is 0 Å². The third-order valence-corrected chi connectivity index (χ3v) is 8.15. The normalized spacial score (nSPS) is 15.7. The van der Waals surface area contributed by atoms with Crippen LogP contribution in [0.2, 0.25) is 0 Å². The fourth-order valence-corrected chi connectivity index (χ4v) is 5.15. The van der Waals surface area contributed by atoms with Gasteiger partial charge in [0.1, 0.15) is 0 Å². The summed E-state index contributed by atoms with van der Waals surface area (Å²) >= 11 is 0. The summed E-state index contributed by atoms with van der Waals surface area (Å²) in [5, 5.41) is 0. The highest BCUT2D eigenvalue weighted by molar-refractivity contribution is 6.64. The summed E-state index contributed by atoms with van der Waals surface area (Å²) < 4.78 is 13.0. The van der Waals surface area contributed by atoms with Crippen LogP contribution in [0.15, 0.2) is 133 Å². The molecule has 0 bridgehead atoms. The van der Waals surface area contributed by atoms with Gasteiger partial charge in [-0.15, -0.1) is 0 Å². The van der Waals surface area contributed by atoms with Gasteiger partial charge in [0.05, 0.1) is 11.2 Å². The largest absolute Gasteiger partial charge is 0.496 e. The van der Waals surface area contributed by atoms with Crippen LogP contribution in [0.4, 0.5) is 17.1 Å². The Kier molecular flexibility index (Phi) is 6.83. The first-order valence-electron chi connectivity index (χ1n) is 13.9. The first kappa shape index (κ1) is 26.1. The van der Waals surface area contributed by atoms with Crippen molar-refractivity contribution in [3.05, 3.63) is 133 Å². The minimum Gasteiger partial charge on any atom is -0.399 e. The number of para-hydroxylation sites is 1. The number of benzene rings is 5. The van der Waals surface area contributed by atoms with Crippen molar-refractivity contribution in [3.8, 4) is 22.3 Å². The first-order valence-corrected chi connectivity index (χ1v) is 13.9. The van der Waals surface area contributed by atoms with E-state index >= 15 is 0 Å². The van der Waals surface area contributed by atoms with Gasteiger partial charge in [0.2, 0.25) is 0 Å². The van der Waals surface area contributed by atoms with Gasteiger partial charge in [-0.1, -0.05) is 103 Å². The fourth-order valence-electron chi connectivity index (χ4n) is 5.15. The van der Waals surface area contributed by atoms with E-state index in [9.17, 15) is 0 Å². The van der Waals surface area contributed by atoms with Gasteiger partial charge in [-0.3, -0.25) is 0 Å². The quantitative estimate of drug-likeness (QED) is 0.208. The van der Waals surface area contributed by atoms with E-state index in [1.165, 1.54) is 22.3 Å². The maximum absolute atomic E-state index is 6.52. The Morgan fingerprint density at radius 1 is 0.450 bits per heavy atom. The Morgan fingerprint density at radius 2 is 0.825 bits per heavy atom. The van der Waals surface area contributed by atoms with E-state index in [1.54, 1.807) is 0 Å². The summed E-state index contributed by atoms with van der Waals surface area (Å²) in [5.41, 5.74) is 8.07. The Labute approximate surface area is 238 Å². The van der Waals surface area contributed by atoms with Gasteiger partial charge in [0.15, 0.2) is 0 Å². The maximum atomic E-state index is 6.52. The lowest BCUT2D eigenvalue weighted by Gasteiger charge is -2.32. The third kappa shape index (κ3) is 4.97. The average molecular weight is 523 g/mol. The molecule has 0 saturated carbocycles. The van der Waals surface area contributed by atoms with E-state index in [2.05, 4.69) is 154 Å². The summed E-state index contributed by atoms with van der Waals surface area (Å²) in [5.74, 6) is 0. The standard InChI is InChI=1S/C36H34BNO2/c1-35(2)36(3,4)40-37(39-35)33-17-11-12-18-34(33)38(31-23-19-29(20-24-31)27-13-7-5-8-14-27)32-25-21-30(22-26-32)28-15-9-6-10-16-28/h5-26H,1-4H3. The molecule has 5 aromatic rings. The van der Waals surface area contributed by atoms with Crippen molar-refractivity contribution in [3.63, 3.8) is 0 Å². The molecule has 0 amide bonds. The van der Waals surface area contributed by atoms with Crippen molar-refractivity contribution >= 4 is 29.6 Å². The van der Waals surface area contributed by atoms with Crippen LogP contribution in [-0.2, 0) is 9.31 Å². The van der Waals surface area contributed by atoms with Crippen LogP contribution >= 0.6 is 0 Å². The molecule has 40 heavy (non-hydrogen) atoms. The summed E-state index contributed by atoms with van der Waals surface area (Å²) in [4.78, 5) is 2.30. The Morgan fingerprint density at radius 3 is 1.27 bits per heavy atom. The molecule has 0 spiro atoms. The molecule has 0 radical (unpaired) electrons. The Bertz CT molecular complexity index is 1480. The lowest BCUT2D eigenvalue weighted by atomic mass is 9.77. The van der Waals surface area contributed by atoms with E-state index in [0.717, 1.165) is 22.5 Å². The second-order valence-corrected chi connectivity index (χ2v) is 11.3. The van der Waals surface area contributed by atoms with Crippen LogP contribution in [0.3, 0.4) is 0 Å². The van der Waals surface area contributed by atoms with E-state index in [4.69, 9.17) is 9.31 Å². The Hall–Kier alpha value is -4.12. The monoisotopic (exact) mass is 523 g/mol. The Balaban J connectivity index is 1.44. The van der Waals surface area contributed by atoms with Crippen LogP contribution in [-0.4, -0.2) is 18.3 Å². The SMILES string of the molecule is CC1(C)OB(c2ccccc2N(c2ccc(-c3ccccc3)cc2)c2ccc(-c3ccccc3)cc2)OC1(C)C. The number of hydrogen-bond donors (Lipinski definition) is 0. The molecule has 0 unspecified atom stereocenters. The van der Waals surface area contributed by atoms with E-state index in [-0.39, 0.29) is 0 Å². The van der Waals surface area contributed by atoms with Gasteiger partial charge < -0.3 is 14.2 Å². The number of rotatable bonds is 6. The highest BCUT2D eigenvalue weighted by Gasteiger charge is 2.52. The average Bonchev–Trinajstić information content (AvgIpc) is 3.21. The molecule has 4 heteroatoms. The van der Waals surface area contributed by atoms with Gasteiger partial charge >= 0.3 is 7.12 Å². The first-order chi connectivity index (χ1) is 19.3. The minimum atomic E-state index is -0.476. The fraction of sp³-hybridized carbons (Fsp3) is 0.167. The summed E-state index contributed by atoms with van der Waals surface area (Å²) in [6.45, 7) is 8.38. The highest BCUT2D eigenvalue weighted by atomic mass is 16.7. The second-order valence-electron chi connectivity index (χ2n) is 11.3. The van der Waals surface area contributed by atoms with Crippen LogP contribution < -0.4 is 10.4 Å². The summed E-state index contributed by atoms with van der Waals surface area (Å²) in [6.07, 6.45) is 0. The predicted molar refractivity (Wildman–Crippen MR) is 168 cm³/mol. The van der Waals surface area contributed by atoms with E-state index in [1.807, 2.05) is 12.1 Å². The molecule has 5 aromatic carbocycles. The maximum Gasteiger partial charge on any atom is 0.496 e. The van der Waals surface area contributed by atoms with Crippen molar-refractivity contribution in [1.29, 1.82) is 0 Å². The highest BCUT2D eigenvalue weighted by Crippen LogP contribution is 2.40. The molecule has 1 aliphatic heterocycles. The van der Waals surface area contributed by atoms with E-state index < -0.39 is 18.3 Å². The molecule has 1 fully saturated rings. The van der Waals surface area contributed by atoms with Crippen LogP contribution in [0, 0.1) is 0 Å². The van der Waals surface area contributed by atoms with Gasteiger partial charge in [0, 0.05) is 22.5 Å². The molecule has 1 saturated heterocycles. The molecule has 198 valence electrons. The molecular formula is C36H34BNO2. The lowest BCUT2D eigenvalue weighted by molar-refractivity contribution is 0.00578. The van der Waals surface area contributed by atoms with Crippen molar-refractivity contribution in [2.45, 2.75) is 38.9 Å². The zero-order valence-electron chi connectivity index (χ0n) is 23.5. The van der Waals surface area contributed by atoms with E-state index in [0.29, 0.717) is 0 Å². The van der Waals surface area contributed by atoms with Crippen LogP contribution in [0.1, 0.15) is 27.7 Å². The van der Waals surface area contributed by atoms with Crippen molar-refractivity contribution in [1.82, 2.24) is 0 Å². The van der Waals surface area contributed by atoms with Crippen molar-refractivity contribution in [2.75, 3.05) is 4.90 Å². The molecule has 0 aromatic heterocycles. The van der Waals surface area contributed by atoms with Gasteiger partial charge in [-0.25, -0.2) is 0 Å². The molecule has 6 rings (SSSR count). The van der Waals surface area contributed by atoms with Crippen LogP contribution in [0.25, 0.3) is 22.3 Å². The van der Waals surface area contributed by atoms with Gasteiger partial charge in [0.25, 0.3) is 0 Å². The summed E-state index contributed by atoms with van der Waals surface area (Å²) in [6, 6.07) is 46.9. The molecule has 1 heterocycles. The molecule has 0 N–H and O–H groups in total. The molecular weight excluding hydrogens is 489 g/mol. The predicted octanol–water partition coefficient (Wildman–Crippen LogP) is 8.79. The lowest BCUT2D eigenvalue weighted by Crippen LogP contribution is -2.41. The zero-order valence-corrected chi connectivity index (χ0v) is 23.5. The summed E-state index contributed by atoms with van der Waals surface area (Å²) in [7, 11) is -0.476. The number of anilines is 3. The van der Waals surface area contributed by atoms with Crippen molar-refractivity contribution in [2.24, 2.45) is 0 Å². The number of hydrogen-bond acceptors (Lipinski definition) is 3. The topological polar surface area (TPSA) is 21.7 Å². The van der Waals surface area contributed by atoms with Crippen molar-refractivity contribution < 1.29 is 9.31 Å². The molecule has 0 atom stereocenters. The van der Waals surface area contributed by atoms with Gasteiger partial charge in [-0.05, 0) is 80.3 Å². The molecule has 3 nitrogen and oxygen atoms in total. The molecule has 0 aliphatic carbocycles. The van der Waals surface area contributed by atoms with Gasteiger partial charge in [-0.2, -0.15) is 0 Å².